The van der Waals surface area contributed by atoms with E-state index in [1.165, 1.54) is 23.5 Å². The molecule has 5 nitrogen and oxygen atoms in total. The number of amides is 1. The van der Waals surface area contributed by atoms with Gasteiger partial charge < -0.3 is 0 Å². The highest BCUT2D eigenvalue weighted by Gasteiger charge is 2.16. The highest BCUT2D eigenvalue weighted by Crippen LogP contribution is 2.30. The summed E-state index contributed by atoms with van der Waals surface area (Å²) in [5.74, 6) is -0.438. The van der Waals surface area contributed by atoms with Crippen LogP contribution >= 0.6 is 22.9 Å². The summed E-state index contributed by atoms with van der Waals surface area (Å²) in [6, 6.07) is 11.4. The molecule has 1 N–H and O–H groups in total. The van der Waals surface area contributed by atoms with Crippen LogP contribution in [0.25, 0.3) is 10.2 Å². The van der Waals surface area contributed by atoms with Crippen LogP contribution in [0.4, 0.5) is 5.13 Å². The molecule has 0 aliphatic heterocycles. The van der Waals surface area contributed by atoms with Gasteiger partial charge in [-0.1, -0.05) is 42.0 Å². The number of thiazole rings is 1. The van der Waals surface area contributed by atoms with Gasteiger partial charge in [-0.3, -0.25) is 10.1 Å². The lowest BCUT2D eigenvalue weighted by Crippen LogP contribution is -2.13. The van der Waals surface area contributed by atoms with E-state index >= 15 is 0 Å². The standard InChI is InChI=1S/C16H13ClN2O3S2/c1-2-24(21,22)11-6-3-5-10(9-11)15(20)19-16-18-14-12(17)7-4-8-13(14)23-16/h3-9H,2H2,1H3,(H,18,19,20). The molecule has 124 valence electrons. The molecule has 0 saturated carbocycles. The Morgan fingerprint density at radius 2 is 2.00 bits per heavy atom. The van der Waals surface area contributed by atoms with Crippen LogP contribution in [0.3, 0.4) is 0 Å². The second kappa shape index (κ2) is 6.51. The molecule has 3 aromatic rings. The SMILES string of the molecule is CCS(=O)(=O)c1cccc(C(=O)Nc2nc3c(Cl)cccc3s2)c1. The molecule has 0 atom stereocenters. The zero-order chi connectivity index (χ0) is 17.3. The van der Waals surface area contributed by atoms with E-state index in [-0.39, 0.29) is 16.2 Å². The summed E-state index contributed by atoms with van der Waals surface area (Å²) in [7, 11) is -3.36. The van der Waals surface area contributed by atoms with Crippen LogP contribution in [-0.2, 0) is 9.84 Å². The second-order valence-electron chi connectivity index (χ2n) is 4.99. The lowest BCUT2D eigenvalue weighted by Gasteiger charge is -2.05. The van der Waals surface area contributed by atoms with Crippen molar-refractivity contribution in [3.05, 3.63) is 53.1 Å². The number of halogens is 1. The van der Waals surface area contributed by atoms with E-state index in [0.29, 0.717) is 15.7 Å². The maximum absolute atomic E-state index is 12.4. The van der Waals surface area contributed by atoms with E-state index < -0.39 is 15.7 Å². The van der Waals surface area contributed by atoms with E-state index in [9.17, 15) is 13.2 Å². The van der Waals surface area contributed by atoms with Gasteiger partial charge in [0.2, 0.25) is 0 Å². The molecule has 0 radical (unpaired) electrons. The predicted octanol–water partition coefficient (Wildman–Crippen LogP) is 4.00. The molecule has 2 aromatic carbocycles. The summed E-state index contributed by atoms with van der Waals surface area (Å²) in [6.45, 7) is 1.56. The Labute approximate surface area is 148 Å². The van der Waals surface area contributed by atoms with Crippen LogP contribution in [0.15, 0.2) is 47.4 Å². The molecule has 24 heavy (non-hydrogen) atoms. The molecule has 0 saturated heterocycles. The Morgan fingerprint density at radius 1 is 1.25 bits per heavy atom. The Balaban J connectivity index is 1.89. The summed E-state index contributed by atoms with van der Waals surface area (Å²) in [4.78, 5) is 16.8. The van der Waals surface area contributed by atoms with Crippen molar-refractivity contribution in [3.8, 4) is 0 Å². The van der Waals surface area contributed by atoms with Gasteiger partial charge in [-0.25, -0.2) is 13.4 Å². The normalized spacial score (nSPS) is 11.6. The maximum Gasteiger partial charge on any atom is 0.257 e. The number of aromatic nitrogens is 1. The Kier molecular flexibility index (Phi) is 4.58. The first-order valence-electron chi connectivity index (χ1n) is 7.10. The van der Waals surface area contributed by atoms with Crippen molar-refractivity contribution in [2.24, 2.45) is 0 Å². The number of carbonyl (C=O) groups excluding carboxylic acids is 1. The fourth-order valence-corrected chi connectivity index (χ4v) is 4.22. The van der Waals surface area contributed by atoms with Gasteiger partial charge in [0, 0.05) is 5.56 Å². The maximum atomic E-state index is 12.4. The monoisotopic (exact) mass is 380 g/mol. The van der Waals surface area contributed by atoms with Crippen molar-refractivity contribution in [2.45, 2.75) is 11.8 Å². The van der Waals surface area contributed by atoms with Crippen molar-refractivity contribution in [1.29, 1.82) is 0 Å². The van der Waals surface area contributed by atoms with E-state index in [1.54, 1.807) is 25.1 Å². The number of hydrogen-bond donors (Lipinski definition) is 1. The quantitative estimate of drug-likeness (QED) is 0.742. The Hall–Kier alpha value is -1.96. The van der Waals surface area contributed by atoms with Gasteiger partial charge in [-0.15, -0.1) is 0 Å². The fourth-order valence-electron chi connectivity index (χ4n) is 2.14. The van der Waals surface area contributed by atoms with Crippen molar-refractivity contribution in [2.75, 3.05) is 11.1 Å². The van der Waals surface area contributed by atoms with Crippen LogP contribution in [0.1, 0.15) is 17.3 Å². The number of nitrogens with zero attached hydrogens (tertiary/aromatic N) is 1. The minimum absolute atomic E-state index is 0.0194. The third-order valence-electron chi connectivity index (χ3n) is 3.43. The minimum Gasteiger partial charge on any atom is -0.298 e. The predicted molar refractivity (Wildman–Crippen MR) is 96.8 cm³/mol. The van der Waals surface area contributed by atoms with Crippen LogP contribution in [-0.4, -0.2) is 25.1 Å². The molecule has 0 spiro atoms. The van der Waals surface area contributed by atoms with E-state index in [2.05, 4.69) is 10.3 Å². The molecular formula is C16H13ClN2O3S2. The zero-order valence-electron chi connectivity index (χ0n) is 12.6. The van der Waals surface area contributed by atoms with Crippen LogP contribution in [0, 0.1) is 0 Å². The average molecular weight is 381 g/mol. The largest absolute Gasteiger partial charge is 0.298 e. The summed E-state index contributed by atoms with van der Waals surface area (Å²) in [6.07, 6.45) is 0. The van der Waals surface area contributed by atoms with Gasteiger partial charge in [0.25, 0.3) is 5.91 Å². The molecule has 0 aliphatic rings. The molecule has 0 aliphatic carbocycles. The van der Waals surface area contributed by atoms with Gasteiger partial charge in [0.15, 0.2) is 15.0 Å². The topological polar surface area (TPSA) is 76.1 Å². The number of nitrogens with one attached hydrogen (secondary N) is 1. The Morgan fingerprint density at radius 3 is 2.71 bits per heavy atom. The Bertz CT molecular complexity index is 1030. The first-order valence-corrected chi connectivity index (χ1v) is 9.94. The molecule has 0 unspecified atom stereocenters. The molecular weight excluding hydrogens is 368 g/mol. The number of rotatable bonds is 4. The average Bonchev–Trinajstić information content (AvgIpc) is 2.99. The number of hydrogen-bond acceptors (Lipinski definition) is 5. The number of benzene rings is 2. The molecule has 0 bridgehead atoms. The molecule has 0 fully saturated rings. The highest BCUT2D eigenvalue weighted by molar-refractivity contribution is 7.91. The van der Waals surface area contributed by atoms with Crippen LogP contribution < -0.4 is 5.32 Å². The van der Waals surface area contributed by atoms with Gasteiger partial charge in [0.05, 0.1) is 20.4 Å². The van der Waals surface area contributed by atoms with Crippen molar-refractivity contribution < 1.29 is 13.2 Å². The molecule has 1 heterocycles. The molecule has 3 rings (SSSR count). The number of carbonyl (C=O) groups is 1. The second-order valence-corrected chi connectivity index (χ2v) is 8.71. The summed E-state index contributed by atoms with van der Waals surface area (Å²) >= 11 is 7.38. The number of anilines is 1. The first-order chi connectivity index (χ1) is 11.4. The number of sulfone groups is 1. The highest BCUT2D eigenvalue weighted by atomic mass is 35.5. The smallest absolute Gasteiger partial charge is 0.257 e. The van der Waals surface area contributed by atoms with E-state index in [4.69, 9.17) is 11.6 Å². The number of para-hydroxylation sites is 1. The van der Waals surface area contributed by atoms with Gasteiger partial charge in [-0.2, -0.15) is 0 Å². The summed E-state index contributed by atoms with van der Waals surface area (Å²) in [5.41, 5.74) is 0.886. The van der Waals surface area contributed by atoms with Gasteiger partial charge >= 0.3 is 0 Å². The first kappa shape index (κ1) is 16.9. The molecule has 1 amide bonds. The molecule has 1 aromatic heterocycles. The summed E-state index contributed by atoms with van der Waals surface area (Å²) in [5, 5.41) is 3.61. The van der Waals surface area contributed by atoms with Gasteiger partial charge in [0.1, 0.15) is 5.52 Å². The lowest BCUT2D eigenvalue weighted by atomic mass is 10.2. The van der Waals surface area contributed by atoms with Crippen LogP contribution in [0.2, 0.25) is 5.02 Å². The van der Waals surface area contributed by atoms with E-state index in [0.717, 1.165) is 4.70 Å². The fraction of sp³-hybridized carbons (Fsp3) is 0.125. The molecule has 8 heteroatoms. The van der Waals surface area contributed by atoms with Crippen LogP contribution in [0.5, 0.6) is 0 Å². The third kappa shape index (κ3) is 3.28. The third-order valence-corrected chi connectivity index (χ3v) is 6.40. The number of fused-ring (bicyclic) bond motifs is 1. The zero-order valence-corrected chi connectivity index (χ0v) is 15.0. The minimum atomic E-state index is -3.36. The lowest BCUT2D eigenvalue weighted by molar-refractivity contribution is 0.102. The summed E-state index contributed by atoms with van der Waals surface area (Å²) < 4.78 is 24.7. The van der Waals surface area contributed by atoms with E-state index in [1.807, 2.05) is 12.1 Å². The van der Waals surface area contributed by atoms with Crippen molar-refractivity contribution >= 4 is 54.0 Å². The van der Waals surface area contributed by atoms with Crippen molar-refractivity contribution in [1.82, 2.24) is 4.98 Å². The van der Waals surface area contributed by atoms with Crippen molar-refractivity contribution in [3.63, 3.8) is 0 Å². The van der Waals surface area contributed by atoms with Gasteiger partial charge in [-0.05, 0) is 30.3 Å².